The molecule has 0 radical (unpaired) electrons. The van der Waals surface area contributed by atoms with Gasteiger partial charge in [0.2, 0.25) is 0 Å². The highest BCUT2D eigenvalue weighted by Crippen LogP contribution is 2.59. The van der Waals surface area contributed by atoms with E-state index in [1.807, 2.05) is 19.9 Å². The average Bonchev–Trinajstić information content (AvgIpc) is 2.26. The van der Waals surface area contributed by atoms with E-state index < -0.39 is 28.7 Å². The van der Waals surface area contributed by atoms with Crippen LogP contribution in [0.2, 0.25) is 0 Å². The number of carboxylic acid groups (broad SMARTS) is 2. The van der Waals surface area contributed by atoms with Gasteiger partial charge < -0.3 is 10.2 Å². The summed E-state index contributed by atoms with van der Waals surface area (Å²) in [7, 11) is 0. The number of fused-ring (bicyclic) bond motifs is 1. The molecule has 4 unspecified atom stereocenters. The molecule has 0 aromatic heterocycles. The number of allylic oxidation sites excluding steroid dienone is 1. The van der Waals surface area contributed by atoms with Crippen LogP contribution in [0.4, 0.5) is 0 Å². The molecule has 4 atom stereocenters. The van der Waals surface area contributed by atoms with Crippen LogP contribution >= 0.6 is 0 Å². The van der Waals surface area contributed by atoms with Gasteiger partial charge in [-0.15, -0.1) is 0 Å². The Kier molecular flexibility index (Phi) is 3.23. The van der Waals surface area contributed by atoms with Crippen LogP contribution in [0.25, 0.3) is 0 Å². The summed E-state index contributed by atoms with van der Waals surface area (Å²) in [5.41, 5.74) is -0.380. The molecule has 2 aliphatic rings. The van der Waals surface area contributed by atoms with Gasteiger partial charge in [-0.1, -0.05) is 25.0 Å². The van der Waals surface area contributed by atoms with Crippen LogP contribution in [0.1, 0.15) is 46.5 Å². The lowest BCUT2D eigenvalue weighted by Gasteiger charge is -2.54. The highest BCUT2D eigenvalue weighted by atomic mass is 16.4. The van der Waals surface area contributed by atoms with Crippen molar-refractivity contribution in [2.24, 2.45) is 22.7 Å². The van der Waals surface area contributed by atoms with Gasteiger partial charge in [-0.3, -0.25) is 9.59 Å². The number of carbonyl (C=O) groups is 2. The Labute approximate surface area is 113 Å². The summed E-state index contributed by atoms with van der Waals surface area (Å²) in [5, 5.41) is 19.1. The molecule has 0 aliphatic heterocycles. The first kappa shape index (κ1) is 14.1. The van der Waals surface area contributed by atoms with Crippen molar-refractivity contribution in [2.75, 3.05) is 0 Å². The fourth-order valence-corrected chi connectivity index (χ4v) is 4.46. The van der Waals surface area contributed by atoms with E-state index in [1.165, 1.54) is 0 Å². The Balaban J connectivity index is 2.51. The van der Waals surface area contributed by atoms with Crippen molar-refractivity contribution in [1.29, 1.82) is 0 Å². The number of aliphatic carboxylic acids is 2. The fourth-order valence-electron chi connectivity index (χ4n) is 4.46. The molecular formula is C15H22O4. The van der Waals surface area contributed by atoms with E-state index in [1.54, 1.807) is 6.92 Å². The Morgan fingerprint density at radius 2 is 1.89 bits per heavy atom. The molecule has 4 heteroatoms. The summed E-state index contributed by atoms with van der Waals surface area (Å²) in [5.74, 6) is -2.27. The van der Waals surface area contributed by atoms with Crippen LogP contribution in [-0.4, -0.2) is 22.2 Å². The molecule has 0 saturated heterocycles. The molecule has 0 heterocycles. The van der Waals surface area contributed by atoms with Crippen molar-refractivity contribution in [1.82, 2.24) is 0 Å². The number of carboxylic acids is 2. The molecule has 0 spiro atoms. The third-order valence-electron chi connectivity index (χ3n) is 5.50. The van der Waals surface area contributed by atoms with Gasteiger partial charge in [-0.25, -0.2) is 0 Å². The molecule has 0 bridgehead atoms. The molecule has 0 aromatic rings. The second-order valence-electron chi connectivity index (χ2n) is 6.59. The van der Waals surface area contributed by atoms with E-state index in [2.05, 4.69) is 0 Å². The number of hydrogen-bond acceptors (Lipinski definition) is 2. The Bertz CT molecular complexity index is 453. The minimum atomic E-state index is -0.824. The molecule has 1 fully saturated rings. The monoisotopic (exact) mass is 266 g/mol. The smallest absolute Gasteiger partial charge is 0.311 e. The van der Waals surface area contributed by atoms with Gasteiger partial charge in [-0.2, -0.15) is 0 Å². The Morgan fingerprint density at radius 3 is 2.42 bits per heavy atom. The third-order valence-corrected chi connectivity index (χ3v) is 5.50. The van der Waals surface area contributed by atoms with Crippen LogP contribution in [0.15, 0.2) is 11.6 Å². The fraction of sp³-hybridized carbons (Fsp3) is 0.733. The summed E-state index contributed by atoms with van der Waals surface area (Å²) >= 11 is 0. The lowest BCUT2D eigenvalue weighted by Crippen LogP contribution is -2.54. The summed E-state index contributed by atoms with van der Waals surface area (Å²) in [6.07, 6.45) is 4.82. The minimum Gasteiger partial charge on any atom is -0.481 e. The summed E-state index contributed by atoms with van der Waals surface area (Å²) in [4.78, 5) is 23.3. The maximum atomic E-state index is 11.7. The first-order valence-electron chi connectivity index (χ1n) is 6.86. The predicted molar refractivity (Wildman–Crippen MR) is 70.7 cm³/mol. The predicted octanol–water partition coefficient (Wildman–Crippen LogP) is 2.93. The zero-order valence-corrected chi connectivity index (χ0v) is 11.8. The highest BCUT2D eigenvalue weighted by molar-refractivity contribution is 5.78. The molecule has 106 valence electrons. The molecule has 1 saturated carbocycles. The first-order chi connectivity index (χ1) is 8.73. The van der Waals surface area contributed by atoms with Gasteiger partial charge in [-0.05, 0) is 44.4 Å². The van der Waals surface area contributed by atoms with Crippen LogP contribution in [0, 0.1) is 22.7 Å². The van der Waals surface area contributed by atoms with Crippen molar-refractivity contribution in [2.45, 2.75) is 46.5 Å². The number of hydrogen-bond donors (Lipinski definition) is 2. The van der Waals surface area contributed by atoms with Crippen molar-refractivity contribution in [3.8, 4) is 0 Å². The largest absolute Gasteiger partial charge is 0.481 e. The second-order valence-corrected chi connectivity index (χ2v) is 6.59. The molecule has 0 aromatic carbocycles. The quantitative estimate of drug-likeness (QED) is 0.753. The van der Waals surface area contributed by atoms with Crippen molar-refractivity contribution >= 4 is 11.9 Å². The molecule has 19 heavy (non-hydrogen) atoms. The summed E-state index contributed by atoms with van der Waals surface area (Å²) in [6, 6.07) is 0. The zero-order chi connectivity index (χ0) is 14.4. The van der Waals surface area contributed by atoms with E-state index in [9.17, 15) is 19.8 Å². The Morgan fingerprint density at radius 1 is 1.26 bits per heavy atom. The first-order valence-corrected chi connectivity index (χ1v) is 6.86. The topological polar surface area (TPSA) is 74.6 Å². The van der Waals surface area contributed by atoms with Crippen LogP contribution in [0.5, 0.6) is 0 Å². The summed E-state index contributed by atoms with van der Waals surface area (Å²) < 4.78 is 0. The number of rotatable bonds is 2. The van der Waals surface area contributed by atoms with Crippen LogP contribution < -0.4 is 0 Å². The van der Waals surface area contributed by atoms with Gasteiger partial charge in [0.1, 0.15) is 0 Å². The molecule has 2 aliphatic carbocycles. The normalized spacial score (nSPS) is 42.2. The van der Waals surface area contributed by atoms with Gasteiger partial charge >= 0.3 is 11.9 Å². The maximum absolute atomic E-state index is 11.7. The summed E-state index contributed by atoms with van der Waals surface area (Å²) in [6.45, 7) is 5.60. The molecule has 2 N–H and O–H groups in total. The van der Waals surface area contributed by atoms with Gasteiger partial charge in [0.25, 0.3) is 0 Å². The standard InChI is InChI=1S/C15H22O4/c1-9-5-6-10-14(2,11(9)12(16)17)7-4-8-15(10,3)13(18)19/h5,10-11H,4,6-8H2,1-3H3,(H,16,17)(H,18,19). The van der Waals surface area contributed by atoms with Crippen molar-refractivity contribution in [3.63, 3.8) is 0 Å². The minimum absolute atomic E-state index is 0.101. The van der Waals surface area contributed by atoms with E-state index in [4.69, 9.17) is 0 Å². The lowest BCUT2D eigenvalue weighted by molar-refractivity contribution is -0.168. The van der Waals surface area contributed by atoms with E-state index in [-0.39, 0.29) is 5.92 Å². The molecule has 2 rings (SSSR count). The van der Waals surface area contributed by atoms with Crippen LogP contribution in [0.3, 0.4) is 0 Å². The SMILES string of the molecule is CC1=CCC2C(C)(C(=O)O)CCCC2(C)C1C(=O)O. The van der Waals surface area contributed by atoms with E-state index >= 15 is 0 Å². The van der Waals surface area contributed by atoms with Gasteiger partial charge in [0, 0.05) is 0 Å². The second kappa shape index (κ2) is 4.36. The molecule has 4 nitrogen and oxygen atoms in total. The highest BCUT2D eigenvalue weighted by Gasteiger charge is 2.58. The third kappa shape index (κ3) is 1.88. The van der Waals surface area contributed by atoms with Crippen LogP contribution in [-0.2, 0) is 9.59 Å². The molecule has 0 amide bonds. The lowest BCUT2D eigenvalue weighted by atomic mass is 9.48. The van der Waals surface area contributed by atoms with Crippen molar-refractivity contribution < 1.29 is 19.8 Å². The van der Waals surface area contributed by atoms with E-state index in [0.717, 1.165) is 18.4 Å². The Hall–Kier alpha value is -1.32. The maximum Gasteiger partial charge on any atom is 0.311 e. The van der Waals surface area contributed by atoms with Gasteiger partial charge in [0.15, 0.2) is 0 Å². The molecular weight excluding hydrogens is 244 g/mol. The average molecular weight is 266 g/mol. The van der Waals surface area contributed by atoms with Gasteiger partial charge in [0.05, 0.1) is 11.3 Å². The zero-order valence-electron chi connectivity index (χ0n) is 11.8. The van der Waals surface area contributed by atoms with Crippen molar-refractivity contribution in [3.05, 3.63) is 11.6 Å². The van der Waals surface area contributed by atoms with E-state index in [0.29, 0.717) is 12.8 Å².